The summed E-state index contributed by atoms with van der Waals surface area (Å²) in [6, 6.07) is 0. The number of hydrogen-bond donors (Lipinski definition) is 1. The molecule has 0 bridgehead atoms. The van der Waals surface area contributed by atoms with Crippen LogP contribution in [0.25, 0.3) is 0 Å². The summed E-state index contributed by atoms with van der Waals surface area (Å²) in [6.45, 7) is 8.44. The van der Waals surface area contributed by atoms with Crippen LogP contribution in [0.3, 0.4) is 0 Å². The van der Waals surface area contributed by atoms with Gasteiger partial charge in [0.05, 0.1) is 25.9 Å². The van der Waals surface area contributed by atoms with Crippen molar-refractivity contribution in [3.8, 4) is 0 Å². The molecule has 0 aliphatic carbocycles. The van der Waals surface area contributed by atoms with Gasteiger partial charge in [0.2, 0.25) is 0 Å². The molecule has 17 heavy (non-hydrogen) atoms. The third kappa shape index (κ3) is 5.31. The van der Waals surface area contributed by atoms with Crippen LogP contribution in [0.4, 0.5) is 0 Å². The third-order valence-corrected chi connectivity index (χ3v) is 3.27. The van der Waals surface area contributed by atoms with Gasteiger partial charge in [0.25, 0.3) is 0 Å². The Bertz CT molecular complexity index is 172. The van der Waals surface area contributed by atoms with E-state index in [1.54, 1.807) is 0 Å². The van der Waals surface area contributed by atoms with E-state index in [0.717, 1.165) is 52.4 Å². The molecule has 1 unspecified atom stereocenters. The standard InChI is InChI=1S/C12H24N2O3/c1(4-14-5-8-15-9-6-14)3-13-10-12-2-7-16-11-17-12/h12-13H,1-11H2. The first-order valence-electron chi connectivity index (χ1n) is 6.65. The maximum atomic E-state index is 5.46. The summed E-state index contributed by atoms with van der Waals surface area (Å²) in [6.07, 6.45) is 2.55. The molecule has 0 aromatic rings. The molecule has 0 saturated carbocycles. The summed E-state index contributed by atoms with van der Waals surface area (Å²) in [5.74, 6) is 0. The zero-order valence-corrected chi connectivity index (χ0v) is 10.5. The van der Waals surface area contributed by atoms with E-state index in [9.17, 15) is 0 Å². The van der Waals surface area contributed by atoms with Crippen molar-refractivity contribution in [3.05, 3.63) is 0 Å². The molecule has 1 N–H and O–H groups in total. The Hall–Kier alpha value is -0.200. The van der Waals surface area contributed by atoms with Gasteiger partial charge in [0.1, 0.15) is 6.79 Å². The highest BCUT2D eigenvalue weighted by atomic mass is 16.7. The lowest BCUT2D eigenvalue weighted by Gasteiger charge is -2.27. The molecule has 2 aliphatic rings. The fourth-order valence-electron chi connectivity index (χ4n) is 2.18. The molecule has 0 aromatic carbocycles. The van der Waals surface area contributed by atoms with E-state index in [4.69, 9.17) is 14.2 Å². The molecule has 0 aromatic heterocycles. The molecule has 2 fully saturated rings. The number of morpholine rings is 1. The number of hydrogen-bond acceptors (Lipinski definition) is 5. The van der Waals surface area contributed by atoms with Gasteiger partial charge in [0, 0.05) is 19.6 Å². The molecule has 2 aliphatic heterocycles. The van der Waals surface area contributed by atoms with Gasteiger partial charge in [0.15, 0.2) is 0 Å². The van der Waals surface area contributed by atoms with Crippen molar-refractivity contribution in [2.45, 2.75) is 18.9 Å². The first kappa shape index (κ1) is 13.2. The first-order chi connectivity index (χ1) is 8.45. The van der Waals surface area contributed by atoms with Crippen molar-refractivity contribution in [3.63, 3.8) is 0 Å². The van der Waals surface area contributed by atoms with Crippen molar-refractivity contribution in [2.75, 3.05) is 59.3 Å². The minimum absolute atomic E-state index is 0.340. The van der Waals surface area contributed by atoms with Gasteiger partial charge in [-0.05, 0) is 25.9 Å². The predicted octanol–water partition coefficient (Wildman–Crippen LogP) is 0.0613. The van der Waals surface area contributed by atoms with E-state index in [-0.39, 0.29) is 0 Å². The Labute approximate surface area is 103 Å². The summed E-state index contributed by atoms with van der Waals surface area (Å²) >= 11 is 0. The summed E-state index contributed by atoms with van der Waals surface area (Å²) in [5, 5.41) is 3.46. The van der Waals surface area contributed by atoms with Crippen molar-refractivity contribution < 1.29 is 14.2 Å². The Morgan fingerprint density at radius 3 is 2.76 bits per heavy atom. The Kier molecular flexibility index (Phi) is 6.23. The van der Waals surface area contributed by atoms with E-state index in [1.807, 2.05) is 0 Å². The van der Waals surface area contributed by atoms with Gasteiger partial charge in [-0.25, -0.2) is 0 Å². The van der Waals surface area contributed by atoms with Crippen molar-refractivity contribution >= 4 is 0 Å². The van der Waals surface area contributed by atoms with Crippen LogP contribution in [0, 0.1) is 0 Å². The molecule has 5 heteroatoms. The number of nitrogens with one attached hydrogen (secondary N) is 1. The van der Waals surface area contributed by atoms with Crippen LogP contribution in [-0.2, 0) is 14.2 Å². The van der Waals surface area contributed by atoms with Gasteiger partial charge in [-0.2, -0.15) is 0 Å². The monoisotopic (exact) mass is 244 g/mol. The minimum atomic E-state index is 0.340. The van der Waals surface area contributed by atoms with Gasteiger partial charge in [-0.15, -0.1) is 0 Å². The predicted molar refractivity (Wildman–Crippen MR) is 65.1 cm³/mol. The van der Waals surface area contributed by atoms with Gasteiger partial charge in [-0.3, -0.25) is 4.90 Å². The van der Waals surface area contributed by atoms with E-state index in [2.05, 4.69) is 10.2 Å². The van der Waals surface area contributed by atoms with Crippen LogP contribution in [0.2, 0.25) is 0 Å². The Balaban J connectivity index is 1.42. The second-order valence-electron chi connectivity index (χ2n) is 4.62. The van der Waals surface area contributed by atoms with Crippen LogP contribution in [0.1, 0.15) is 12.8 Å². The number of ether oxygens (including phenoxy) is 3. The molecule has 2 heterocycles. The lowest BCUT2D eigenvalue weighted by Crippen LogP contribution is -2.38. The van der Waals surface area contributed by atoms with Crippen molar-refractivity contribution in [2.24, 2.45) is 0 Å². The number of nitrogens with zero attached hydrogens (tertiary/aromatic N) is 1. The molecule has 1 atom stereocenters. The summed E-state index contributed by atoms with van der Waals surface area (Å²) < 4.78 is 15.9. The molecular weight excluding hydrogens is 220 g/mol. The third-order valence-electron chi connectivity index (χ3n) is 3.27. The average Bonchev–Trinajstić information content (AvgIpc) is 2.41. The Morgan fingerprint density at radius 1 is 1.12 bits per heavy atom. The fraction of sp³-hybridized carbons (Fsp3) is 1.00. The van der Waals surface area contributed by atoms with Crippen molar-refractivity contribution in [1.82, 2.24) is 10.2 Å². The van der Waals surface area contributed by atoms with Crippen LogP contribution in [0.5, 0.6) is 0 Å². The normalized spacial score (nSPS) is 27.2. The fourth-order valence-corrected chi connectivity index (χ4v) is 2.18. The van der Waals surface area contributed by atoms with Gasteiger partial charge in [-0.1, -0.05) is 0 Å². The second-order valence-corrected chi connectivity index (χ2v) is 4.62. The van der Waals surface area contributed by atoms with Crippen molar-refractivity contribution in [1.29, 1.82) is 0 Å². The summed E-state index contributed by atoms with van der Waals surface area (Å²) in [5.41, 5.74) is 0. The van der Waals surface area contributed by atoms with Crippen LogP contribution >= 0.6 is 0 Å². The molecule has 2 saturated heterocycles. The zero-order chi connectivity index (χ0) is 11.8. The first-order valence-corrected chi connectivity index (χ1v) is 6.65. The maximum absolute atomic E-state index is 5.46. The Morgan fingerprint density at radius 2 is 2.00 bits per heavy atom. The molecule has 0 radical (unpaired) electrons. The van der Waals surface area contributed by atoms with E-state index < -0.39 is 0 Å². The largest absolute Gasteiger partial charge is 0.379 e. The molecule has 0 amide bonds. The lowest BCUT2D eigenvalue weighted by atomic mass is 10.2. The molecular formula is C12H24N2O3. The van der Waals surface area contributed by atoms with Gasteiger partial charge >= 0.3 is 0 Å². The van der Waals surface area contributed by atoms with Crippen LogP contribution in [-0.4, -0.2) is 70.3 Å². The van der Waals surface area contributed by atoms with E-state index >= 15 is 0 Å². The maximum Gasteiger partial charge on any atom is 0.147 e. The summed E-state index contributed by atoms with van der Waals surface area (Å²) in [4.78, 5) is 2.47. The molecule has 0 spiro atoms. The minimum Gasteiger partial charge on any atom is -0.379 e. The lowest BCUT2D eigenvalue weighted by molar-refractivity contribution is -0.137. The molecule has 100 valence electrons. The van der Waals surface area contributed by atoms with E-state index in [1.165, 1.54) is 13.0 Å². The molecule has 5 nitrogen and oxygen atoms in total. The second kappa shape index (κ2) is 8.00. The summed E-state index contributed by atoms with van der Waals surface area (Å²) in [7, 11) is 0. The smallest absolute Gasteiger partial charge is 0.147 e. The average molecular weight is 244 g/mol. The highest BCUT2D eigenvalue weighted by Crippen LogP contribution is 2.04. The van der Waals surface area contributed by atoms with Crippen LogP contribution in [0.15, 0.2) is 0 Å². The van der Waals surface area contributed by atoms with Crippen LogP contribution < -0.4 is 5.32 Å². The highest BCUT2D eigenvalue weighted by Gasteiger charge is 2.13. The van der Waals surface area contributed by atoms with E-state index in [0.29, 0.717) is 12.9 Å². The molecule has 2 rings (SSSR count). The number of rotatable bonds is 6. The SMILES string of the molecule is C(CNCC1CCOCO1)CN1CCOCC1. The zero-order valence-electron chi connectivity index (χ0n) is 10.5. The highest BCUT2D eigenvalue weighted by molar-refractivity contribution is 4.65. The quantitative estimate of drug-likeness (QED) is 0.669. The topological polar surface area (TPSA) is 43.0 Å². The van der Waals surface area contributed by atoms with Gasteiger partial charge < -0.3 is 19.5 Å².